The predicted octanol–water partition coefficient (Wildman–Crippen LogP) is 0.849. The lowest BCUT2D eigenvalue weighted by atomic mass is 10.1. The summed E-state index contributed by atoms with van der Waals surface area (Å²) in [5.74, 6) is -1.71. The Balaban J connectivity index is 2.10. The second kappa shape index (κ2) is 6.08. The molecule has 0 spiro atoms. The van der Waals surface area contributed by atoms with Crippen molar-refractivity contribution in [3.05, 3.63) is 47.5 Å². The van der Waals surface area contributed by atoms with Gasteiger partial charge >= 0.3 is 5.97 Å². The molecular formula is C14H15N3O4. The van der Waals surface area contributed by atoms with E-state index >= 15 is 0 Å². The number of rotatable bonds is 5. The van der Waals surface area contributed by atoms with Crippen molar-refractivity contribution in [2.45, 2.75) is 19.4 Å². The Hall–Kier alpha value is -2.83. The number of carboxylic acids is 1. The van der Waals surface area contributed by atoms with E-state index in [1.54, 1.807) is 13.0 Å². The summed E-state index contributed by atoms with van der Waals surface area (Å²) in [7, 11) is 0. The number of carbonyl (C=O) groups excluding carboxylic acids is 1. The normalized spacial score (nSPS) is 11.9. The molecule has 0 aliphatic carbocycles. The zero-order chi connectivity index (χ0) is 15.4. The van der Waals surface area contributed by atoms with Gasteiger partial charge in [0.2, 0.25) is 0 Å². The Morgan fingerprint density at radius 3 is 2.76 bits per heavy atom. The fourth-order valence-corrected chi connectivity index (χ4v) is 1.81. The molecule has 1 amide bonds. The Morgan fingerprint density at radius 1 is 1.43 bits per heavy atom. The van der Waals surface area contributed by atoms with Crippen molar-refractivity contribution in [3.8, 4) is 5.75 Å². The van der Waals surface area contributed by atoms with Crippen LogP contribution < -0.4 is 5.32 Å². The molecule has 0 aliphatic heterocycles. The number of carbonyl (C=O) groups is 2. The van der Waals surface area contributed by atoms with Gasteiger partial charge in [0.25, 0.3) is 5.91 Å². The maximum Gasteiger partial charge on any atom is 0.326 e. The standard InChI is InChI=1S/C14H15N3O4/c1-8-2-3-9(4-12(8)18)13(19)17-11(14(20)21)5-10-6-15-7-16-10/h2-4,6-7,11,18H,5H2,1H3,(H,15,16)(H,17,19)(H,20,21). The number of benzene rings is 1. The first-order valence-electron chi connectivity index (χ1n) is 6.28. The van der Waals surface area contributed by atoms with Gasteiger partial charge in [0, 0.05) is 23.9 Å². The van der Waals surface area contributed by atoms with Gasteiger partial charge < -0.3 is 20.5 Å². The third-order valence-corrected chi connectivity index (χ3v) is 3.05. The molecule has 0 bridgehead atoms. The summed E-state index contributed by atoms with van der Waals surface area (Å²) < 4.78 is 0. The molecule has 7 nitrogen and oxygen atoms in total. The van der Waals surface area contributed by atoms with Gasteiger partial charge in [-0.2, -0.15) is 0 Å². The summed E-state index contributed by atoms with van der Waals surface area (Å²) in [4.78, 5) is 29.8. The topological polar surface area (TPSA) is 115 Å². The quantitative estimate of drug-likeness (QED) is 0.651. The highest BCUT2D eigenvalue weighted by atomic mass is 16.4. The smallest absolute Gasteiger partial charge is 0.326 e. The van der Waals surface area contributed by atoms with Crippen molar-refractivity contribution in [1.29, 1.82) is 0 Å². The van der Waals surface area contributed by atoms with E-state index in [9.17, 15) is 14.7 Å². The summed E-state index contributed by atoms with van der Waals surface area (Å²) in [5.41, 5.74) is 1.45. The summed E-state index contributed by atoms with van der Waals surface area (Å²) >= 11 is 0. The molecule has 0 fully saturated rings. The molecule has 1 atom stereocenters. The molecular weight excluding hydrogens is 274 g/mol. The van der Waals surface area contributed by atoms with E-state index in [-0.39, 0.29) is 17.7 Å². The second-order valence-corrected chi connectivity index (χ2v) is 4.65. The SMILES string of the molecule is Cc1ccc(C(=O)NC(Cc2cnc[nH]2)C(=O)O)cc1O. The van der Waals surface area contributed by atoms with Gasteiger partial charge in [0.1, 0.15) is 11.8 Å². The number of aryl methyl sites for hydroxylation is 1. The van der Waals surface area contributed by atoms with Gasteiger partial charge in [-0.25, -0.2) is 9.78 Å². The monoisotopic (exact) mass is 289 g/mol. The highest BCUT2D eigenvalue weighted by Gasteiger charge is 2.22. The molecule has 7 heteroatoms. The first kappa shape index (κ1) is 14.6. The van der Waals surface area contributed by atoms with Gasteiger partial charge in [-0.3, -0.25) is 4.79 Å². The van der Waals surface area contributed by atoms with E-state index < -0.39 is 17.9 Å². The van der Waals surface area contributed by atoms with Gasteiger partial charge in [0.05, 0.1) is 6.33 Å². The highest BCUT2D eigenvalue weighted by molar-refractivity contribution is 5.97. The van der Waals surface area contributed by atoms with E-state index in [2.05, 4.69) is 15.3 Å². The van der Waals surface area contributed by atoms with E-state index in [0.29, 0.717) is 11.3 Å². The predicted molar refractivity (Wildman–Crippen MR) is 74.0 cm³/mol. The molecule has 110 valence electrons. The van der Waals surface area contributed by atoms with Gasteiger partial charge in [-0.1, -0.05) is 6.07 Å². The number of phenols is 1. The van der Waals surface area contributed by atoms with Crippen LogP contribution in [-0.2, 0) is 11.2 Å². The number of aromatic hydroxyl groups is 1. The second-order valence-electron chi connectivity index (χ2n) is 4.65. The van der Waals surface area contributed by atoms with Crippen LogP contribution in [0.2, 0.25) is 0 Å². The van der Waals surface area contributed by atoms with Gasteiger partial charge in [0.15, 0.2) is 0 Å². The third-order valence-electron chi connectivity index (χ3n) is 3.05. The average Bonchev–Trinajstić information content (AvgIpc) is 2.93. The minimum absolute atomic E-state index is 0.0110. The largest absolute Gasteiger partial charge is 0.508 e. The number of hydrogen-bond donors (Lipinski definition) is 4. The highest BCUT2D eigenvalue weighted by Crippen LogP contribution is 2.17. The number of carboxylic acid groups (broad SMARTS) is 1. The summed E-state index contributed by atoms with van der Waals surface area (Å²) in [6.45, 7) is 1.70. The molecule has 1 unspecified atom stereocenters. The van der Waals surface area contributed by atoms with Crippen molar-refractivity contribution in [1.82, 2.24) is 15.3 Å². The summed E-state index contributed by atoms with van der Waals surface area (Å²) in [6.07, 6.45) is 3.03. The molecule has 1 heterocycles. The first-order chi connectivity index (χ1) is 9.97. The number of nitrogens with zero attached hydrogens (tertiary/aromatic N) is 1. The molecule has 0 aliphatic rings. The number of hydrogen-bond acceptors (Lipinski definition) is 4. The maximum atomic E-state index is 12.0. The van der Waals surface area contributed by atoms with Crippen molar-refractivity contribution in [2.75, 3.05) is 0 Å². The van der Waals surface area contributed by atoms with Crippen LogP contribution in [0.3, 0.4) is 0 Å². The van der Waals surface area contributed by atoms with Crippen molar-refractivity contribution < 1.29 is 19.8 Å². The number of phenolic OH excluding ortho intramolecular Hbond substituents is 1. The summed E-state index contributed by atoms with van der Waals surface area (Å²) in [5, 5.41) is 21.2. The molecule has 4 N–H and O–H groups in total. The number of aliphatic carboxylic acids is 1. The molecule has 2 aromatic rings. The minimum Gasteiger partial charge on any atom is -0.508 e. The number of H-pyrrole nitrogens is 1. The number of aromatic nitrogens is 2. The van der Waals surface area contributed by atoms with Gasteiger partial charge in [-0.05, 0) is 24.6 Å². The molecule has 21 heavy (non-hydrogen) atoms. The van der Waals surface area contributed by atoms with Crippen LogP contribution >= 0.6 is 0 Å². The van der Waals surface area contributed by atoms with Crippen LogP contribution in [0.25, 0.3) is 0 Å². The van der Waals surface area contributed by atoms with Crippen LogP contribution in [-0.4, -0.2) is 38.1 Å². The average molecular weight is 289 g/mol. The number of nitrogens with one attached hydrogen (secondary N) is 2. The Kier molecular flexibility index (Phi) is 4.22. The van der Waals surface area contributed by atoms with E-state index in [4.69, 9.17) is 5.11 Å². The fourth-order valence-electron chi connectivity index (χ4n) is 1.81. The zero-order valence-electron chi connectivity index (χ0n) is 11.3. The maximum absolute atomic E-state index is 12.0. The van der Waals surface area contributed by atoms with Crippen molar-refractivity contribution in [3.63, 3.8) is 0 Å². The molecule has 1 aromatic carbocycles. The van der Waals surface area contributed by atoms with Crippen LogP contribution in [0, 0.1) is 6.92 Å². The molecule has 0 radical (unpaired) electrons. The number of amides is 1. The number of aromatic amines is 1. The van der Waals surface area contributed by atoms with E-state index in [1.165, 1.54) is 24.7 Å². The lowest BCUT2D eigenvalue weighted by molar-refractivity contribution is -0.139. The minimum atomic E-state index is -1.14. The van der Waals surface area contributed by atoms with E-state index in [0.717, 1.165) is 0 Å². The molecule has 0 saturated heterocycles. The lowest BCUT2D eigenvalue weighted by Gasteiger charge is -2.14. The Labute approximate surface area is 120 Å². The summed E-state index contributed by atoms with van der Waals surface area (Å²) in [6, 6.07) is 3.34. The van der Waals surface area contributed by atoms with Crippen molar-refractivity contribution in [2.24, 2.45) is 0 Å². The first-order valence-corrected chi connectivity index (χ1v) is 6.28. The fraction of sp³-hybridized carbons (Fsp3) is 0.214. The van der Waals surface area contributed by atoms with Crippen molar-refractivity contribution >= 4 is 11.9 Å². The van der Waals surface area contributed by atoms with Gasteiger partial charge in [-0.15, -0.1) is 0 Å². The molecule has 1 aromatic heterocycles. The third kappa shape index (κ3) is 3.59. The van der Waals surface area contributed by atoms with Crippen LogP contribution in [0.15, 0.2) is 30.7 Å². The Morgan fingerprint density at radius 2 is 2.19 bits per heavy atom. The number of imidazole rings is 1. The molecule has 2 rings (SSSR count). The van der Waals surface area contributed by atoms with Crippen LogP contribution in [0.4, 0.5) is 0 Å². The zero-order valence-corrected chi connectivity index (χ0v) is 11.3. The van der Waals surface area contributed by atoms with Crippen LogP contribution in [0.5, 0.6) is 5.75 Å². The van der Waals surface area contributed by atoms with E-state index in [1.807, 2.05) is 0 Å². The van der Waals surface area contributed by atoms with Crippen LogP contribution in [0.1, 0.15) is 21.6 Å². The Bertz CT molecular complexity index is 652. The molecule has 0 saturated carbocycles. The lowest BCUT2D eigenvalue weighted by Crippen LogP contribution is -2.42.